The number of hydrogen-bond acceptors (Lipinski definition) is 3. The minimum Gasteiger partial charge on any atom is -0.442 e. The zero-order chi connectivity index (χ0) is 16.2. The van der Waals surface area contributed by atoms with Gasteiger partial charge in [-0.2, -0.15) is 18.3 Å². The van der Waals surface area contributed by atoms with Crippen LogP contribution in [-0.2, 0) is 13.2 Å². The van der Waals surface area contributed by atoms with Crippen molar-refractivity contribution in [2.45, 2.75) is 6.18 Å². The number of nitrogens with zero attached hydrogens (tertiary/aromatic N) is 3. The third kappa shape index (κ3) is 2.14. The third-order valence-electron chi connectivity index (χ3n) is 3.01. The summed E-state index contributed by atoms with van der Waals surface area (Å²) in [6.45, 7) is 0. The van der Waals surface area contributed by atoms with Gasteiger partial charge in [-0.15, -0.1) is 0 Å². The number of rotatable bonds is 1. The summed E-state index contributed by atoms with van der Waals surface area (Å²) in [6, 6.07) is 0.905. The predicted octanol–water partition coefficient (Wildman–Crippen LogP) is 4.69. The molecule has 0 aliphatic rings. The zero-order valence-electron chi connectivity index (χ0n) is 10.7. The van der Waals surface area contributed by atoms with Crippen LogP contribution in [0.5, 0.6) is 0 Å². The van der Waals surface area contributed by atoms with Gasteiger partial charge in [-0.25, -0.2) is 9.37 Å². The summed E-state index contributed by atoms with van der Waals surface area (Å²) < 4.78 is 58.6. The fraction of sp³-hybridized carbons (Fsp3) is 0.167. The van der Waals surface area contributed by atoms with Crippen LogP contribution in [0.4, 0.5) is 17.6 Å². The van der Waals surface area contributed by atoms with E-state index in [0.29, 0.717) is 4.68 Å². The summed E-state index contributed by atoms with van der Waals surface area (Å²) in [5, 5.41) is 2.89. The molecule has 2 heterocycles. The Morgan fingerprint density at radius 2 is 1.95 bits per heavy atom. The molecule has 0 saturated carbocycles. The lowest BCUT2D eigenvalue weighted by Gasteiger charge is -2.06. The highest BCUT2D eigenvalue weighted by molar-refractivity contribution is 6.36. The lowest BCUT2D eigenvalue weighted by atomic mass is 10.1. The maximum atomic E-state index is 14.2. The van der Waals surface area contributed by atoms with E-state index >= 15 is 0 Å². The number of halogens is 6. The fourth-order valence-corrected chi connectivity index (χ4v) is 2.74. The number of alkyl halides is 3. The highest BCUT2D eigenvalue weighted by Gasteiger charge is 2.39. The van der Waals surface area contributed by atoms with Crippen molar-refractivity contribution in [1.29, 1.82) is 0 Å². The number of aryl methyl sites for hydroxylation is 1. The first kappa shape index (κ1) is 15.1. The monoisotopic (exact) mass is 353 g/mol. The van der Waals surface area contributed by atoms with Crippen molar-refractivity contribution in [2.75, 3.05) is 0 Å². The highest BCUT2D eigenvalue weighted by atomic mass is 35.5. The predicted molar refractivity (Wildman–Crippen MR) is 71.2 cm³/mol. The van der Waals surface area contributed by atoms with Crippen LogP contribution in [0.25, 0.3) is 22.4 Å². The molecule has 116 valence electrons. The van der Waals surface area contributed by atoms with Crippen LogP contribution in [0, 0.1) is 5.82 Å². The van der Waals surface area contributed by atoms with Crippen LogP contribution >= 0.6 is 23.2 Å². The fourth-order valence-electron chi connectivity index (χ4n) is 2.15. The second-order valence-corrected chi connectivity index (χ2v) is 5.16. The summed E-state index contributed by atoms with van der Waals surface area (Å²) in [5.74, 6) is -0.903. The van der Waals surface area contributed by atoms with Gasteiger partial charge in [-0.3, -0.25) is 4.68 Å². The molecule has 0 radical (unpaired) electrons. The number of benzene rings is 1. The van der Waals surface area contributed by atoms with Crippen molar-refractivity contribution in [3.05, 3.63) is 34.0 Å². The Balaban J connectivity index is 2.37. The lowest BCUT2D eigenvalue weighted by molar-refractivity contribution is -0.143. The molecule has 3 aromatic rings. The van der Waals surface area contributed by atoms with Gasteiger partial charge in [0.1, 0.15) is 17.0 Å². The van der Waals surface area contributed by atoms with E-state index in [-0.39, 0.29) is 27.4 Å². The van der Waals surface area contributed by atoms with Crippen molar-refractivity contribution in [2.24, 2.45) is 7.05 Å². The van der Waals surface area contributed by atoms with Crippen molar-refractivity contribution in [3.63, 3.8) is 0 Å². The standard InChI is InChI=1S/C12H5Cl2F4N3O/c1-21-11(12(16,17)18)7(14)8(20-21)6-5(15)2-4(13)10-9(6)19-3-22-10/h2-3H,1H3. The Kier molecular flexibility index (Phi) is 3.33. The molecule has 2 aromatic heterocycles. The molecule has 10 heteroatoms. The minimum atomic E-state index is -4.73. The van der Waals surface area contributed by atoms with Gasteiger partial charge in [0.15, 0.2) is 17.7 Å². The molecule has 0 bridgehead atoms. The Morgan fingerprint density at radius 1 is 1.27 bits per heavy atom. The molecule has 0 saturated heterocycles. The number of hydrogen-bond donors (Lipinski definition) is 0. The van der Waals surface area contributed by atoms with Crippen LogP contribution in [0.1, 0.15) is 5.69 Å². The van der Waals surface area contributed by atoms with Crippen LogP contribution in [-0.4, -0.2) is 14.8 Å². The van der Waals surface area contributed by atoms with E-state index in [1.165, 1.54) is 0 Å². The largest absolute Gasteiger partial charge is 0.442 e. The molecule has 0 atom stereocenters. The smallest absolute Gasteiger partial charge is 0.434 e. The van der Waals surface area contributed by atoms with Crippen molar-refractivity contribution < 1.29 is 22.0 Å². The van der Waals surface area contributed by atoms with Gasteiger partial charge in [0.25, 0.3) is 0 Å². The van der Waals surface area contributed by atoms with Crippen molar-refractivity contribution >= 4 is 34.3 Å². The summed E-state index contributed by atoms with van der Waals surface area (Å²) in [6.07, 6.45) is -3.73. The van der Waals surface area contributed by atoms with E-state index in [0.717, 1.165) is 19.5 Å². The summed E-state index contributed by atoms with van der Waals surface area (Å²) in [4.78, 5) is 3.78. The van der Waals surface area contributed by atoms with E-state index in [4.69, 9.17) is 27.6 Å². The third-order valence-corrected chi connectivity index (χ3v) is 3.65. The molecule has 0 aliphatic heterocycles. The zero-order valence-corrected chi connectivity index (χ0v) is 12.2. The SMILES string of the molecule is Cn1nc(-c2c(F)cc(Cl)c3ocnc23)c(Cl)c1C(F)(F)F. The second-order valence-electron chi connectivity index (χ2n) is 4.38. The quantitative estimate of drug-likeness (QED) is 0.596. The van der Waals surface area contributed by atoms with Gasteiger partial charge >= 0.3 is 6.18 Å². The first-order valence-electron chi connectivity index (χ1n) is 5.73. The van der Waals surface area contributed by atoms with E-state index in [2.05, 4.69) is 10.1 Å². The molecule has 0 unspecified atom stereocenters. The maximum absolute atomic E-state index is 14.2. The minimum absolute atomic E-state index is 0.0355. The topological polar surface area (TPSA) is 43.9 Å². The van der Waals surface area contributed by atoms with Gasteiger partial charge in [0, 0.05) is 7.05 Å². The van der Waals surface area contributed by atoms with Gasteiger partial charge in [0.2, 0.25) is 0 Å². The Labute approximate surface area is 130 Å². The van der Waals surface area contributed by atoms with Crippen molar-refractivity contribution in [3.8, 4) is 11.3 Å². The van der Waals surface area contributed by atoms with E-state index in [1.807, 2.05) is 0 Å². The lowest BCUT2D eigenvalue weighted by Crippen LogP contribution is -2.12. The van der Waals surface area contributed by atoms with E-state index in [9.17, 15) is 17.6 Å². The number of aromatic nitrogens is 3. The molecule has 3 rings (SSSR count). The van der Waals surface area contributed by atoms with E-state index in [1.54, 1.807) is 0 Å². The average Bonchev–Trinajstić information content (AvgIpc) is 2.94. The average molecular weight is 354 g/mol. The molecular formula is C12H5Cl2F4N3O. The highest BCUT2D eigenvalue weighted by Crippen LogP contribution is 2.42. The van der Waals surface area contributed by atoms with Crippen LogP contribution < -0.4 is 0 Å². The Bertz CT molecular complexity index is 885. The van der Waals surface area contributed by atoms with Gasteiger partial charge in [-0.05, 0) is 6.07 Å². The molecule has 0 spiro atoms. The van der Waals surface area contributed by atoms with Crippen LogP contribution in [0.2, 0.25) is 10.0 Å². The molecule has 0 amide bonds. The van der Waals surface area contributed by atoms with Gasteiger partial charge in [0.05, 0.1) is 15.6 Å². The van der Waals surface area contributed by atoms with E-state index < -0.39 is 22.7 Å². The summed E-state index contributed by atoms with van der Waals surface area (Å²) in [5.41, 5.74) is -1.89. The second kappa shape index (κ2) is 4.85. The maximum Gasteiger partial charge on any atom is 0.434 e. The Hall–Kier alpha value is -1.80. The Morgan fingerprint density at radius 3 is 2.55 bits per heavy atom. The molecule has 0 aliphatic carbocycles. The summed E-state index contributed by atoms with van der Waals surface area (Å²) >= 11 is 11.6. The molecular weight excluding hydrogens is 349 g/mol. The normalized spacial score (nSPS) is 12.3. The van der Waals surface area contributed by atoms with Crippen LogP contribution in [0.3, 0.4) is 0 Å². The molecule has 0 fully saturated rings. The molecule has 0 N–H and O–H groups in total. The molecule has 4 nitrogen and oxygen atoms in total. The van der Waals surface area contributed by atoms with Gasteiger partial charge in [-0.1, -0.05) is 23.2 Å². The molecule has 22 heavy (non-hydrogen) atoms. The van der Waals surface area contributed by atoms with Crippen LogP contribution in [0.15, 0.2) is 16.9 Å². The number of oxazole rings is 1. The first-order valence-corrected chi connectivity index (χ1v) is 6.48. The van der Waals surface area contributed by atoms with Crippen molar-refractivity contribution in [1.82, 2.24) is 14.8 Å². The first-order chi connectivity index (χ1) is 10.2. The number of fused-ring (bicyclic) bond motifs is 1. The molecule has 1 aromatic carbocycles. The van der Waals surface area contributed by atoms with Gasteiger partial charge < -0.3 is 4.42 Å². The summed E-state index contributed by atoms with van der Waals surface area (Å²) in [7, 11) is 1.06.